The highest BCUT2D eigenvalue weighted by atomic mass is 16.5. The maximum Gasteiger partial charge on any atom is 0.248 e. The Labute approximate surface area is 219 Å². The smallest absolute Gasteiger partial charge is 0.248 e. The summed E-state index contributed by atoms with van der Waals surface area (Å²) in [7, 11) is 0. The minimum absolute atomic E-state index is 0.0568. The Morgan fingerprint density at radius 3 is 2.70 bits per heavy atom. The third-order valence-electron chi connectivity index (χ3n) is 6.15. The molecule has 196 valence electrons. The van der Waals surface area contributed by atoms with Crippen LogP contribution in [0, 0.1) is 11.3 Å². The second kappa shape index (κ2) is 13.6. The van der Waals surface area contributed by atoms with E-state index in [1.54, 1.807) is 4.90 Å². The number of aliphatic hydroxyl groups is 1. The topological polar surface area (TPSA) is 98.6 Å². The third kappa shape index (κ3) is 7.00. The zero-order chi connectivity index (χ0) is 26.8. The summed E-state index contributed by atoms with van der Waals surface area (Å²) in [5.74, 6) is 0.300. The Kier molecular flexibility index (Phi) is 10.3. The van der Waals surface area contributed by atoms with Crippen LogP contribution < -0.4 is 15.3 Å². The first-order valence-corrected chi connectivity index (χ1v) is 12.9. The fraction of sp³-hybridized carbons (Fsp3) is 0.400. The number of hydrogen-bond acceptors (Lipinski definition) is 5. The molecular weight excluding hydrogens is 466 g/mol. The Morgan fingerprint density at radius 1 is 1.32 bits per heavy atom. The number of H-pyrrole nitrogens is 1. The van der Waals surface area contributed by atoms with Gasteiger partial charge >= 0.3 is 0 Å². The lowest BCUT2D eigenvalue weighted by molar-refractivity contribution is -0.132. The van der Waals surface area contributed by atoms with Crippen LogP contribution in [0.5, 0.6) is 5.75 Å². The van der Waals surface area contributed by atoms with Crippen molar-refractivity contribution >= 4 is 23.6 Å². The quantitative estimate of drug-likeness (QED) is 0.631. The number of carbonyl (C=O) groups excluding carboxylic acids is 1. The van der Waals surface area contributed by atoms with Crippen molar-refractivity contribution in [2.24, 2.45) is 0 Å². The van der Waals surface area contributed by atoms with Gasteiger partial charge in [-0.2, -0.15) is 5.26 Å². The highest BCUT2D eigenvalue weighted by Gasteiger charge is 2.21. The maximum atomic E-state index is 11.8. The molecule has 2 N–H and O–H groups in total. The molecule has 2 aromatic rings. The molecule has 3 heterocycles. The molecule has 7 nitrogen and oxygen atoms in total. The Balaban J connectivity index is 0.00000121. The van der Waals surface area contributed by atoms with E-state index < -0.39 is 6.61 Å². The number of allylic oxidation sites excluding steroid dienone is 2. The molecule has 1 saturated heterocycles. The lowest BCUT2D eigenvalue weighted by Crippen LogP contribution is -2.31. The number of rotatable bonds is 6. The van der Waals surface area contributed by atoms with Gasteiger partial charge in [0, 0.05) is 42.2 Å². The van der Waals surface area contributed by atoms with Crippen LogP contribution in [0.1, 0.15) is 56.9 Å². The number of nitrogens with zero attached hydrogens (tertiary/aromatic N) is 2. The standard InChI is InChI=1S/C27H29N3O4.C3H8/c1-3-4-23(19-5-6-26(21(13-19)15-28)34-22-8-11-33-12-9-22)24-14-25(29-18(24)2)20-7-10-30(16-20)27(32)17-31;1-3-2/h3-7,13-14,22,29,31H,2,8-12,16-17H2,1H3;3H2,1-2H3/b4-3-,24-23+;. The summed E-state index contributed by atoms with van der Waals surface area (Å²) in [6.45, 7) is 12.2. The Morgan fingerprint density at radius 2 is 2.05 bits per heavy atom. The van der Waals surface area contributed by atoms with Gasteiger partial charge in [-0.1, -0.05) is 51.1 Å². The minimum Gasteiger partial charge on any atom is -0.489 e. The first kappa shape index (κ1) is 28.0. The maximum absolute atomic E-state index is 11.8. The van der Waals surface area contributed by atoms with E-state index >= 15 is 0 Å². The van der Waals surface area contributed by atoms with Gasteiger partial charge in [-0.15, -0.1) is 0 Å². The molecule has 0 saturated carbocycles. The van der Waals surface area contributed by atoms with Crippen LogP contribution in [0.2, 0.25) is 0 Å². The molecule has 0 atom stereocenters. The monoisotopic (exact) mass is 503 g/mol. The summed E-state index contributed by atoms with van der Waals surface area (Å²) >= 11 is 0. The number of aliphatic hydroxyl groups excluding tert-OH is 1. The number of aromatic amines is 1. The first-order chi connectivity index (χ1) is 17.9. The van der Waals surface area contributed by atoms with Gasteiger partial charge in [-0.05, 0) is 41.8 Å². The summed E-state index contributed by atoms with van der Waals surface area (Å²) in [6, 6.07) is 9.98. The minimum atomic E-state index is -0.494. The second-order valence-corrected chi connectivity index (χ2v) is 9.11. The third-order valence-corrected chi connectivity index (χ3v) is 6.15. The molecule has 37 heavy (non-hydrogen) atoms. The van der Waals surface area contributed by atoms with Gasteiger partial charge in [0.25, 0.3) is 0 Å². The predicted octanol–water partition coefficient (Wildman–Crippen LogP) is 3.26. The SMILES string of the molecule is C=c1[nH]c(C2=CCN(C(=O)CO)C2)c/c1=C(/C=C\C)c1ccc(OC2CCOCC2)c(C#N)c1.CCC. The van der Waals surface area contributed by atoms with E-state index in [-0.39, 0.29) is 12.0 Å². The molecular formula is C30H37N3O4. The van der Waals surface area contributed by atoms with Gasteiger partial charge < -0.3 is 24.5 Å². The molecule has 1 aromatic carbocycles. The van der Waals surface area contributed by atoms with Crippen LogP contribution in [-0.2, 0) is 9.53 Å². The van der Waals surface area contributed by atoms with Gasteiger partial charge in [0.15, 0.2) is 0 Å². The zero-order valence-electron chi connectivity index (χ0n) is 22.0. The number of nitriles is 1. The van der Waals surface area contributed by atoms with Crippen molar-refractivity contribution in [2.45, 2.75) is 46.1 Å². The summed E-state index contributed by atoms with van der Waals surface area (Å²) in [5.41, 5.74) is 4.18. The Bertz CT molecular complexity index is 1290. The summed E-state index contributed by atoms with van der Waals surface area (Å²) < 4.78 is 11.5. The van der Waals surface area contributed by atoms with Crippen LogP contribution >= 0.6 is 0 Å². The number of amides is 1. The fourth-order valence-electron chi connectivity index (χ4n) is 4.32. The van der Waals surface area contributed by atoms with Crippen LogP contribution in [-0.4, -0.2) is 59.9 Å². The zero-order valence-corrected chi connectivity index (χ0v) is 22.0. The van der Waals surface area contributed by atoms with E-state index in [4.69, 9.17) is 14.6 Å². The van der Waals surface area contributed by atoms with Crippen molar-refractivity contribution in [1.82, 2.24) is 9.88 Å². The van der Waals surface area contributed by atoms with E-state index in [9.17, 15) is 10.1 Å². The molecule has 4 rings (SSSR count). The van der Waals surface area contributed by atoms with E-state index in [2.05, 4.69) is 31.5 Å². The van der Waals surface area contributed by atoms with E-state index in [1.165, 1.54) is 6.42 Å². The number of carbonyl (C=O) groups is 1. The van der Waals surface area contributed by atoms with Crippen molar-refractivity contribution in [3.63, 3.8) is 0 Å². The van der Waals surface area contributed by atoms with E-state index in [1.807, 2.05) is 49.4 Å². The molecule has 0 radical (unpaired) electrons. The van der Waals surface area contributed by atoms with Crippen LogP contribution in [0.15, 0.2) is 42.5 Å². The largest absolute Gasteiger partial charge is 0.489 e. The van der Waals surface area contributed by atoms with Crippen molar-refractivity contribution in [3.8, 4) is 11.8 Å². The number of aromatic nitrogens is 1. The molecule has 1 aromatic heterocycles. The van der Waals surface area contributed by atoms with Crippen molar-refractivity contribution in [1.29, 1.82) is 5.26 Å². The van der Waals surface area contributed by atoms with Crippen molar-refractivity contribution in [3.05, 3.63) is 69.9 Å². The molecule has 2 aliphatic rings. The van der Waals surface area contributed by atoms with Gasteiger partial charge in [0.05, 0.1) is 18.8 Å². The molecule has 0 aliphatic carbocycles. The lowest BCUT2D eigenvalue weighted by atomic mass is 10.00. The Hall–Kier alpha value is -3.60. The van der Waals surface area contributed by atoms with E-state index in [0.29, 0.717) is 37.6 Å². The molecule has 1 fully saturated rings. The summed E-state index contributed by atoms with van der Waals surface area (Å²) in [5, 5.41) is 20.6. The number of ether oxygens (including phenoxy) is 2. The molecule has 2 aliphatic heterocycles. The van der Waals surface area contributed by atoms with E-state index in [0.717, 1.165) is 45.8 Å². The summed E-state index contributed by atoms with van der Waals surface area (Å²) in [6.07, 6.45) is 8.88. The van der Waals surface area contributed by atoms with Gasteiger partial charge in [0.1, 0.15) is 24.5 Å². The lowest BCUT2D eigenvalue weighted by Gasteiger charge is -2.24. The average molecular weight is 504 g/mol. The van der Waals surface area contributed by atoms with Crippen LogP contribution in [0.25, 0.3) is 17.7 Å². The molecule has 1 amide bonds. The normalized spacial score (nSPS) is 16.6. The molecule has 0 unspecified atom stereocenters. The molecule has 0 spiro atoms. The van der Waals surface area contributed by atoms with Gasteiger partial charge in [0.2, 0.25) is 5.91 Å². The highest BCUT2D eigenvalue weighted by Crippen LogP contribution is 2.26. The predicted molar refractivity (Wildman–Crippen MR) is 146 cm³/mol. The highest BCUT2D eigenvalue weighted by molar-refractivity contribution is 5.82. The first-order valence-electron chi connectivity index (χ1n) is 12.9. The number of hydrogen-bond donors (Lipinski definition) is 2. The van der Waals surface area contributed by atoms with Crippen LogP contribution in [0.3, 0.4) is 0 Å². The molecule has 0 bridgehead atoms. The molecule has 7 heteroatoms. The average Bonchev–Trinajstić information content (AvgIpc) is 3.55. The number of benzene rings is 1. The van der Waals surface area contributed by atoms with Crippen LogP contribution in [0.4, 0.5) is 0 Å². The summed E-state index contributed by atoms with van der Waals surface area (Å²) in [4.78, 5) is 16.8. The second-order valence-electron chi connectivity index (χ2n) is 9.11. The van der Waals surface area contributed by atoms with Gasteiger partial charge in [-0.25, -0.2) is 0 Å². The fourth-order valence-corrected chi connectivity index (χ4v) is 4.32. The number of nitrogens with one attached hydrogen (secondary N) is 1. The van der Waals surface area contributed by atoms with Crippen molar-refractivity contribution < 1.29 is 19.4 Å². The van der Waals surface area contributed by atoms with Gasteiger partial charge in [-0.3, -0.25) is 4.79 Å². The van der Waals surface area contributed by atoms with Crippen molar-refractivity contribution in [2.75, 3.05) is 32.9 Å².